The summed E-state index contributed by atoms with van der Waals surface area (Å²) in [7, 11) is -1.57. The van der Waals surface area contributed by atoms with Gasteiger partial charge in [-0.2, -0.15) is 0 Å². The number of rotatable bonds is 3. The predicted molar refractivity (Wildman–Crippen MR) is 90.5 cm³/mol. The maximum absolute atomic E-state index is 12.8. The molecule has 0 bridgehead atoms. The second kappa shape index (κ2) is 6.59. The normalized spacial score (nSPS) is 28.0. The summed E-state index contributed by atoms with van der Waals surface area (Å²) in [6.45, 7) is -0.334. The zero-order chi connectivity index (χ0) is 18.2. The molecule has 0 aromatic rings. The minimum atomic E-state index is -3.10. The van der Waals surface area contributed by atoms with Crippen LogP contribution in [-0.4, -0.2) is 72.7 Å². The molecule has 0 radical (unpaired) electrons. The summed E-state index contributed by atoms with van der Waals surface area (Å²) >= 11 is 0. The van der Waals surface area contributed by atoms with Crippen molar-refractivity contribution in [1.82, 2.24) is 15.1 Å². The van der Waals surface area contributed by atoms with Crippen LogP contribution in [0.5, 0.6) is 0 Å². The average molecular weight is 371 g/mol. The van der Waals surface area contributed by atoms with Crippen molar-refractivity contribution in [2.24, 2.45) is 0 Å². The van der Waals surface area contributed by atoms with Gasteiger partial charge in [-0.3, -0.25) is 14.5 Å². The van der Waals surface area contributed by atoms with Gasteiger partial charge in [-0.05, 0) is 19.3 Å². The van der Waals surface area contributed by atoms with Gasteiger partial charge in [-0.1, -0.05) is 25.7 Å². The Balaban J connectivity index is 1.67. The van der Waals surface area contributed by atoms with E-state index in [1.807, 2.05) is 0 Å². The Morgan fingerprint density at radius 2 is 1.88 bits per heavy atom. The fraction of sp³-hybridized carbons (Fsp3) is 0.812. The van der Waals surface area contributed by atoms with E-state index in [0.717, 1.165) is 30.6 Å². The van der Waals surface area contributed by atoms with Crippen LogP contribution >= 0.6 is 0 Å². The molecular weight excluding hydrogens is 346 g/mol. The molecule has 1 spiro atoms. The van der Waals surface area contributed by atoms with E-state index in [4.69, 9.17) is 0 Å². The second-order valence-electron chi connectivity index (χ2n) is 7.38. The minimum absolute atomic E-state index is 0.0562. The van der Waals surface area contributed by atoms with Crippen LogP contribution in [0.25, 0.3) is 0 Å². The number of nitrogens with one attached hydrogen (secondary N) is 1. The van der Waals surface area contributed by atoms with E-state index in [2.05, 4.69) is 5.32 Å². The average Bonchev–Trinajstić information content (AvgIpc) is 2.89. The number of likely N-dealkylation sites (N-methyl/N-ethyl adjacent to an activating group) is 1. The number of hydrogen-bond acceptors (Lipinski definition) is 5. The van der Waals surface area contributed by atoms with Crippen molar-refractivity contribution in [3.63, 3.8) is 0 Å². The number of urea groups is 1. The molecule has 3 aliphatic rings. The highest BCUT2D eigenvalue weighted by molar-refractivity contribution is 7.91. The number of nitrogens with zero attached hydrogens (tertiary/aromatic N) is 2. The van der Waals surface area contributed by atoms with Gasteiger partial charge in [0.25, 0.3) is 5.91 Å². The zero-order valence-electron chi connectivity index (χ0n) is 14.5. The van der Waals surface area contributed by atoms with Crippen molar-refractivity contribution in [3.8, 4) is 0 Å². The van der Waals surface area contributed by atoms with Crippen molar-refractivity contribution in [2.45, 2.75) is 56.5 Å². The fourth-order valence-electron chi connectivity index (χ4n) is 4.02. The van der Waals surface area contributed by atoms with Crippen LogP contribution in [-0.2, 0) is 19.4 Å². The summed E-state index contributed by atoms with van der Waals surface area (Å²) < 4.78 is 23.2. The van der Waals surface area contributed by atoms with Gasteiger partial charge in [-0.25, -0.2) is 13.2 Å². The van der Waals surface area contributed by atoms with E-state index in [9.17, 15) is 22.8 Å². The van der Waals surface area contributed by atoms with E-state index < -0.39 is 27.3 Å². The molecule has 1 atom stereocenters. The van der Waals surface area contributed by atoms with Crippen molar-refractivity contribution in [1.29, 1.82) is 0 Å². The largest absolute Gasteiger partial charge is 0.340 e. The van der Waals surface area contributed by atoms with Crippen LogP contribution < -0.4 is 5.32 Å². The first-order valence-electron chi connectivity index (χ1n) is 8.84. The summed E-state index contributed by atoms with van der Waals surface area (Å²) in [4.78, 5) is 39.9. The van der Waals surface area contributed by atoms with Crippen LogP contribution in [0.2, 0.25) is 0 Å². The number of sulfone groups is 1. The third-order valence-corrected chi connectivity index (χ3v) is 7.40. The van der Waals surface area contributed by atoms with E-state index in [1.165, 1.54) is 11.9 Å². The highest BCUT2D eigenvalue weighted by atomic mass is 32.2. The summed E-state index contributed by atoms with van der Waals surface area (Å²) in [5.74, 6) is -0.711. The van der Waals surface area contributed by atoms with Gasteiger partial charge in [-0.15, -0.1) is 0 Å². The van der Waals surface area contributed by atoms with Gasteiger partial charge in [0.2, 0.25) is 5.91 Å². The number of imide groups is 1. The lowest BCUT2D eigenvalue weighted by Gasteiger charge is -2.26. The molecule has 8 nitrogen and oxygen atoms in total. The first kappa shape index (κ1) is 18.2. The highest BCUT2D eigenvalue weighted by Crippen LogP contribution is 2.32. The van der Waals surface area contributed by atoms with E-state index in [-0.39, 0.29) is 30.0 Å². The van der Waals surface area contributed by atoms with Crippen LogP contribution in [0.1, 0.15) is 44.9 Å². The Kier molecular flexibility index (Phi) is 4.78. The van der Waals surface area contributed by atoms with Gasteiger partial charge >= 0.3 is 6.03 Å². The van der Waals surface area contributed by atoms with Crippen LogP contribution in [0.15, 0.2) is 0 Å². The Morgan fingerprint density at radius 1 is 1.24 bits per heavy atom. The van der Waals surface area contributed by atoms with Gasteiger partial charge in [0, 0.05) is 13.1 Å². The first-order valence-corrected chi connectivity index (χ1v) is 10.7. The monoisotopic (exact) mass is 371 g/mol. The Hall–Kier alpha value is -1.64. The number of carbonyl (C=O) groups is 3. The first-order chi connectivity index (χ1) is 11.7. The van der Waals surface area contributed by atoms with Gasteiger partial charge in [0.1, 0.15) is 12.1 Å². The van der Waals surface area contributed by atoms with Crippen LogP contribution in [0, 0.1) is 0 Å². The molecule has 3 rings (SSSR count). The fourth-order valence-corrected chi connectivity index (χ4v) is 5.80. The lowest BCUT2D eigenvalue weighted by atomic mass is 9.90. The Bertz CT molecular complexity index is 682. The van der Waals surface area contributed by atoms with Gasteiger partial charge in [0.05, 0.1) is 11.5 Å². The molecule has 2 saturated heterocycles. The molecule has 4 amide bonds. The molecule has 0 aromatic carbocycles. The molecule has 2 heterocycles. The van der Waals surface area contributed by atoms with E-state index in [0.29, 0.717) is 19.3 Å². The van der Waals surface area contributed by atoms with Crippen LogP contribution in [0.3, 0.4) is 0 Å². The molecule has 25 heavy (non-hydrogen) atoms. The molecule has 1 N–H and O–H groups in total. The van der Waals surface area contributed by atoms with Crippen molar-refractivity contribution >= 4 is 27.7 Å². The quantitative estimate of drug-likeness (QED) is 0.718. The molecule has 3 fully saturated rings. The molecular formula is C16H25N3O5S. The summed E-state index contributed by atoms with van der Waals surface area (Å²) in [5, 5.41) is 2.81. The van der Waals surface area contributed by atoms with Crippen molar-refractivity contribution in [2.75, 3.05) is 25.1 Å². The summed E-state index contributed by atoms with van der Waals surface area (Å²) in [6, 6.07) is -0.905. The molecule has 2 aliphatic heterocycles. The lowest BCUT2D eigenvalue weighted by molar-refractivity contribution is -0.139. The van der Waals surface area contributed by atoms with Crippen molar-refractivity contribution in [3.05, 3.63) is 0 Å². The maximum atomic E-state index is 12.8. The third-order valence-electron chi connectivity index (χ3n) is 5.65. The van der Waals surface area contributed by atoms with Gasteiger partial charge in [0.15, 0.2) is 9.84 Å². The minimum Gasteiger partial charge on any atom is -0.340 e. The standard InChI is InChI=1S/C16H25N3O5S/c1-18(12-6-9-25(23,24)11-12)13(20)10-19-14(21)16(17-15(19)22)7-4-2-3-5-8-16/h12H,2-11H2,1H3,(H,17,22)/t12-/m0/s1. The molecule has 140 valence electrons. The Morgan fingerprint density at radius 3 is 2.44 bits per heavy atom. The number of carbonyl (C=O) groups excluding carboxylic acids is 3. The molecule has 0 unspecified atom stereocenters. The summed E-state index contributed by atoms with van der Waals surface area (Å²) in [6.07, 6.45) is 5.47. The summed E-state index contributed by atoms with van der Waals surface area (Å²) in [5.41, 5.74) is -0.858. The number of hydrogen-bond donors (Lipinski definition) is 1. The Labute approximate surface area is 147 Å². The molecule has 0 aromatic heterocycles. The second-order valence-corrected chi connectivity index (χ2v) is 9.61. The topological polar surface area (TPSA) is 104 Å². The molecule has 9 heteroatoms. The van der Waals surface area contributed by atoms with Crippen LogP contribution in [0.4, 0.5) is 4.79 Å². The van der Waals surface area contributed by atoms with Crippen molar-refractivity contribution < 1.29 is 22.8 Å². The van der Waals surface area contributed by atoms with Gasteiger partial charge < -0.3 is 10.2 Å². The predicted octanol–water partition coefficient (Wildman–Crippen LogP) is 0.277. The SMILES string of the molecule is CN(C(=O)CN1C(=O)NC2(CCCCCC2)C1=O)[C@H]1CCS(=O)(=O)C1. The van der Waals surface area contributed by atoms with E-state index in [1.54, 1.807) is 0 Å². The van der Waals surface area contributed by atoms with E-state index >= 15 is 0 Å². The number of amides is 4. The third kappa shape index (κ3) is 3.51. The lowest BCUT2D eigenvalue weighted by Crippen LogP contribution is -2.48. The molecule has 1 aliphatic carbocycles. The molecule has 1 saturated carbocycles. The smallest absolute Gasteiger partial charge is 0.325 e. The zero-order valence-corrected chi connectivity index (χ0v) is 15.3. The highest BCUT2D eigenvalue weighted by Gasteiger charge is 2.51. The maximum Gasteiger partial charge on any atom is 0.325 e.